The van der Waals surface area contributed by atoms with Gasteiger partial charge in [-0.05, 0) is 215 Å². The highest BCUT2D eigenvalue weighted by Crippen LogP contribution is 2.56. The highest BCUT2D eigenvalue weighted by Gasteiger charge is 2.29. The van der Waals surface area contributed by atoms with Crippen molar-refractivity contribution >= 4 is 119 Å². The number of benzene rings is 14. The van der Waals surface area contributed by atoms with Crippen LogP contribution in [0.25, 0.3) is 186 Å². The highest BCUT2D eigenvalue weighted by molar-refractivity contribution is 6.33. The van der Waals surface area contributed by atoms with E-state index in [2.05, 4.69) is 218 Å². The van der Waals surface area contributed by atoms with Crippen LogP contribution in [0.2, 0.25) is 0 Å². The minimum absolute atomic E-state index is 0.892. The van der Waals surface area contributed by atoms with Gasteiger partial charge in [0.05, 0.1) is 0 Å². The Morgan fingerprint density at radius 3 is 0.958 bits per heavy atom. The number of para-hydroxylation sites is 2. The molecule has 2 aliphatic rings. The Hall–Kier alpha value is -9.50. The molecule has 2 nitrogen and oxygen atoms in total. The third kappa shape index (κ3) is 4.66. The molecule has 2 aromatic heterocycles. The largest absolute Gasteiger partial charge is 0.456 e. The highest BCUT2D eigenvalue weighted by atomic mass is 16.3. The maximum atomic E-state index is 6.63. The minimum Gasteiger partial charge on any atom is -0.456 e. The van der Waals surface area contributed by atoms with E-state index in [1.807, 2.05) is 0 Å². The van der Waals surface area contributed by atoms with Gasteiger partial charge in [0.2, 0.25) is 0 Å². The number of rotatable bonds is 2. The van der Waals surface area contributed by atoms with Crippen LogP contribution in [-0.4, -0.2) is 0 Å². The molecule has 14 aromatic carbocycles. The van der Waals surface area contributed by atoms with Crippen molar-refractivity contribution in [3.63, 3.8) is 0 Å². The molecular formula is C70H36O2. The summed E-state index contributed by atoms with van der Waals surface area (Å²) in [5.74, 6) is 0. The summed E-state index contributed by atoms with van der Waals surface area (Å²) in [6, 6.07) is 81.6. The van der Waals surface area contributed by atoms with E-state index < -0.39 is 0 Å². The first-order valence-corrected chi connectivity index (χ1v) is 25.0. The molecule has 16 aromatic rings. The molecule has 328 valence electrons. The maximum absolute atomic E-state index is 6.63. The van der Waals surface area contributed by atoms with Gasteiger partial charge >= 0.3 is 0 Å². The van der Waals surface area contributed by atoms with Crippen LogP contribution in [0.15, 0.2) is 227 Å². The summed E-state index contributed by atoms with van der Waals surface area (Å²) in [6.45, 7) is 0. The van der Waals surface area contributed by atoms with Crippen LogP contribution in [0.1, 0.15) is 0 Å². The van der Waals surface area contributed by atoms with Crippen molar-refractivity contribution in [2.75, 3.05) is 0 Å². The number of hydrogen-bond acceptors (Lipinski definition) is 2. The lowest BCUT2D eigenvalue weighted by atomic mass is 9.83. The molecule has 0 saturated heterocycles. The molecule has 72 heavy (non-hydrogen) atoms. The molecule has 0 radical (unpaired) electrons. The van der Waals surface area contributed by atoms with E-state index in [0.29, 0.717) is 0 Å². The van der Waals surface area contributed by atoms with E-state index in [4.69, 9.17) is 8.83 Å². The van der Waals surface area contributed by atoms with Gasteiger partial charge in [-0.1, -0.05) is 146 Å². The average molecular weight is 909 g/mol. The molecule has 0 unspecified atom stereocenters. The van der Waals surface area contributed by atoms with Crippen LogP contribution in [0, 0.1) is 0 Å². The first kappa shape index (κ1) is 37.4. The van der Waals surface area contributed by atoms with Crippen molar-refractivity contribution in [1.82, 2.24) is 0 Å². The van der Waals surface area contributed by atoms with Crippen LogP contribution in [0.5, 0.6) is 0 Å². The zero-order valence-corrected chi connectivity index (χ0v) is 38.6. The van der Waals surface area contributed by atoms with Gasteiger partial charge in [0.1, 0.15) is 22.3 Å². The summed E-state index contributed by atoms with van der Waals surface area (Å²) >= 11 is 0. The zero-order chi connectivity index (χ0) is 46.5. The van der Waals surface area contributed by atoms with Crippen molar-refractivity contribution in [3.05, 3.63) is 218 Å². The lowest BCUT2D eigenvalue weighted by molar-refractivity contribution is 0.668. The average Bonchev–Trinajstić information content (AvgIpc) is 4.18. The zero-order valence-electron chi connectivity index (χ0n) is 38.6. The van der Waals surface area contributed by atoms with Crippen molar-refractivity contribution in [2.45, 2.75) is 0 Å². The van der Waals surface area contributed by atoms with Crippen molar-refractivity contribution in [2.24, 2.45) is 0 Å². The van der Waals surface area contributed by atoms with E-state index in [1.54, 1.807) is 0 Å². The number of fused-ring (bicyclic) bond motifs is 21. The Bertz CT molecular complexity index is 4890. The molecule has 0 fully saturated rings. The Labute approximate surface area is 411 Å². The molecular weight excluding hydrogens is 873 g/mol. The summed E-state index contributed by atoms with van der Waals surface area (Å²) in [7, 11) is 0. The van der Waals surface area contributed by atoms with Crippen LogP contribution >= 0.6 is 0 Å². The van der Waals surface area contributed by atoms with E-state index in [9.17, 15) is 0 Å². The quantitative estimate of drug-likeness (QED) is 0.162. The molecule has 18 rings (SSSR count). The molecule has 0 spiro atoms. The second-order valence-electron chi connectivity index (χ2n) is 20.1. The van der Waals surface area contributed by atoms with Crippen LogP contribution in [-0.2, 0) is 0 Å². The van der Waals surface area contributed by atoms with Crippen LogP contribution in [0.4, 0.5) is 0 Å². The Balaban J connectivity index is 1.05. The van der Waals surface area contributed by atoms with E-state index in [-0.39, 0.29) is 0 Å². The molecule has 0 atom stereocenters. The van der Waals surface area contributed by atoms with Crippen molar-refractivity contribution < 1.29 is 8.83 Å². The van der Waals surface area contributed by atoms with Crippen molar-refractivity contribution in [1.29, 1.82) is 0 Å². The Morgan fingerprint density at radius 2 is 0.486 bits per heavy atom. The maximum Gasteiger partial charge on any atom is 0.136 e. The molecule has 0 bridgehead atoms. The standard InChI is InChI=1S/C70H36O2/c1-3-15-39-37(13-1)29-61-59-35-53-51(45-23-11-27-65-69(45)47-17-5-7-25-63(47)71-65)33-58-56-32-50-44-22-10-20-42-40-16-4-2-14-38(40)30-62(68(42)44)60(50)36-54(56)52(46-24-12-28-66-70(46)48-18-6-8-26-64(48)72-66)34-57(58)55(53)31-49(59)43-21-9-19-41(39)67(43)61/h1-36H. The summed E-state index contributed by atoms with van der Waals surface area (Å²) in [4.78, 5) is 0. The fraction of sp³-hybridized carbons (Fsp3) is 0. The Morgan fingerprint density at radius 1 is 0.167 bits per heavy atom. The molecule has 0 amide bonds. The Kier molecular flexibility index (Phi) is 6.87. The minimum atomic E-state index is 0.892. The third-order valence-electron chi connectivity index (χ3n) is 16.7. The summed E-state index contributed by atoms with van der Waals surface area (Å²) in [5, 5.41) is 22.2. The monoisotopic (exact) mass is 908 g/mol. The van der Waals surface area contributed by atoms with E-state index >= 15 is 0 Å². The van der Waals surface area contributed by atoms with Gasteiger partial charge in [-0.3, -0.25) is 0 Å². The van der Waals surface area contributed by atoms with Gasteiger partial charge in [-0.2, -0.15) is 0 Å². The van der Waals surface area contributed by atoms with Gasteiger partial charge in [0.25, 0.3) is 0 Å². The lowest BCUT2D eigenvalue weighted by Gasteiger charge is -2.19. The molecule has 0 N–H and O–H groups in total. The predicted molar refractivity (Wildman–Crippen MR) is 303 cm³/mol. The van der Waals surface area contributed by atoms with Gasteiger partial charge < -0.3 is 8.83 Å². The smallest absolute Gasteiger partial charge is 0.136 e. The summed E-state index contributed by atoms with van der Waals surface area (Å²) < 4.78 is 13.3. The predicted octanol–water partition coefficient (Wildman–Crippen LogP) is 20.2. The van der Waals surface area contributed by atoms with Crippen molar-refractivity contribution in [3.8, 4) is 66.8 Å². The van der Waals surface area contributed by atoms with Gasteiger partial charge in [0, 0.05) is 21.5 Å². The van der Waals surface area contributed by atoms with Gasteiger partial charge in [0.15, 0.2) is 0 Å². The molecule has 2 aliphatic carbocycles. The second-order valence-corrected chi connectivity index (χ2v) is 20.1. The summed E-state index contributed by atoms with van der Waals surface area (Å²) in [6.07, 6.45) is 0. The first-order valence-electron chi connectivity index (χ1n) is 25.0. The normalized spacial score (nSPS) is 12.7. The molecule has 0 aliphatic heterocycles. The van der Waals surface area contributed by atoms with Crippen LogP contribution in [0.3, 0.4) is 0 Å². The number of hydrogen-bond donors (Lipinski definition) is 0. The van der Waals surface area contributed by atoms with E-state index in [0.717, 1.165) is 43.9 Å². The molecule has 2 heterocycles. The lowest BCUT2D eigenvalue weighted by Crippen LogP contribution is -1.92. The summed E-state index contributed by atoms with van der Waals surface area (Å²) in [5.41, 5.74) is 18.6. The van der Waals surface area contributed by atoms with Crippen LogP contribution < -0.4 is 0 Å². The fourth-order valence-electron chi connectivity index (χ4n) is 13.7. The van der Waals surface area contributed by atoms with Gasteiger partial charge in [-0.25, -0.2) is 0 Å². The topological polar surface area (TPSA) is 26.3 Å². The molecule has 2 heteroatoms. The molecule has 0 saturated carbocycles. The second kappa shape index (κ2) is 13.2. The number of furan rings is 2. The van der Waals surface area contributed by atoms with E-state index in [1.165, 1.54) is 142 Å². The van der Waals surface area contributed by atoms with Gasteiger partial charge in [-0.15, -0.1) is 0 Å². The fourth-order valence-corrected chi connectivity index (χ4v) is 13.7. The SMILES string of the molecule is c1ccc2c(c1)cc1c3c(cccc32)-c2cc3c(cc2-1)c(-c1cccc2oc4ccccc4c12)cc1c2cc4c(cc2c(-c2cccc5oc6ccccc6c25)cc31)-c1cc2ccccc2c2cccc-4c12. The third-order valence-corrected chi connectivity index (χ3v) is 16.7. The first-order chi connectivity index (χ1) is 35.7.